The van der Waals surface area contributed by atoms with Gasteiger partial charge in [-0.05, 0) is 45.5 Å². The SMILES string of the molecule is CN(C)[C@@H]1CC[C@@H](NC(=O)Cc2noc3ccccc23)C1. The number of nitrogens with one attached hydrogen (secondary N) is 1. The van der Waals surface area contributed by atoms with E-state index < -0.39 is 0 Å². The fourth-order valence-electron chi connectivity index (χ4n) is 3.05. The van der Waals surface area contributed by atoms with Crippen molar-refractivity contribution in [3.63, 3.8) is 0 Å². The number of rotatable bonds is 4. The van der Waals surface area contributed by atoms with Crippen molar-refractivity contribution >= 4 is 16.9 Å². The molecule has 0 aliphatic heterocycles. The number of aromatic nitrogens is 1. The van der Waals surface area contributed by atoms with Gasteiger partial charge in [0.2, 0.25) is 5.91 Å². The molecule has 1 aromatic heterocycles. The van der Waals surface area contributed by atoms with E-state index in [9.17, 15) is 4.79 Å². The lowest BCUT2D eigenvalue weighted by molar-refractivity contribution is -0.121. The number of amides is 1. The zero-order valence-corrected chi connectivity index (χ0v) is 12.5. The van der Waals surface area contributed by atoms with E-state index in [0.29, 0.717) is 11.7 Å². The second-order valence-corrected chi connectivity index (χ2v) is 6.00. The van der Waals surface area contributed by atoms with Gasteiger partial charge in [-0.2, -0.15) is 0 Å². The van der Waals surface area contributed by atoms with Crippen LogP contribution in [0.1, 0.15) is 25.0 Å². The molecule has 1 aromatic carbocycles. The van der Waals surface area contributed by atoms with Gasteiger partial charge < -0.3 is 14.7 Å². The van der Waals surface area contributed by atoms with Crippen LogP contribution in [-0.2, 0) is 11.2 Å². The summed E-state index contributed by atoms with van der Waals surface area (Å²) in [6.07, 6.45) is 3.50. The highest BCUT2D eigenvalue weighted by Gasteiger charge is 2.27. The van der Waals surface area contributed by atoms with Crippen LogP contribution in [0.3, 0.4) is 0 Å². The van der Waals surface area contributed by atoms with Crippen LogP contribution in [0, 0.1) is 0 Å². The molecule has 0 spiro atoms. The summed E-state index contributed by atoms with van der Waals surface area (Å²) in [5, 5.41) is 8.05. The number of fused-ring (bicyclic) bond motifs is 1. The van der Waals surface area contributed by atoms with Crippen molar-refractivity contribution in [2.24, 2.45) is 0 Å². The summed E-state index contributed by atoms with van der Waals surface area (Å²) in [6, 6.07) is 8.48. The predicted octanol–water partition coefficient (Wildman–Crippen LogP) is 1.97. The van der Waals surface area contributed by atoms with E-state index in [1.54, 1.807) is 0 Å². The molecule has 5 nitrogen and oxygen atoms in total. The van der Waals surface area contributed by atoms with Gasteiger partial charge in [0.25, 0.3) is 0 Å². The first-order valence-corrected chi connectivity index (χ1v) is 7.42. The van der Waals surface area contributed by atoms with Gasteiger partial charge in [0, 0.05) is 17.5 Å². The van der Waals surface area contributed by atoms with Crippen molar-refractivity contribution in [3.05, 3.63) is 30.0 Å². The number of nitrogens with zero attached hydrogens (tertiary/aromatic N) is 2. The summed E-state index contributed by atoms with van der Waals surface area (Å²) >= 11 is 0. The van der Waals surface area contributed by atoms with Gasteiger partial charge >= 0.3 is 0 Å². The minimum Gasteiger partial charge on any atom is -0.356 e. The first-order valence-electron chi connectivity index (χ1n) is 7.42. The molecule has 5 heteroatoms. The van der Waals surface area contributed by atoms with E-state index in [-0.39, 0.29) is 18.4 Å². The van der Waals surface area contributed by atoms with Crippen LogP contribution >= 0.6 is 0 Å². The zero-order chi connectivity index (χ0) is 14.8. The third kappa shape index (κ3) is 3.08. The lowest BCUT2D eigenvalue weighted by atomic mass is 10.1. The highest BCUT2D eigenvalue weighted by molar-refractivity contribution is 5.86. The number of hydrogen-bond donors (Lipinski definition) is 1. The van der Waals surface area contributed by atoms with E-state index >= 15 is 0 Å². The maximum absolute atomic E-state index is 12.2. The topological polar surface area (TPSA) is 58.4 Å². The average Bonchev–Trinajstić information content (AvgIpc) is 3.07. The molecule has 2 aromatic rings. The molecule has 1 fully saturated rings. The Morgan fingerprint density at radius 1 is 1.38 bits per heavy atom. The second-order valence-electron chi connectivity index (χ2n) is 6.00. The molecule has 1 amide bonds. The highest BCUT2D eigenvalue weighted by atomic mass is 16.5. The molecular formula is C16H21N3O2. The van der Waals surface area contributed by atoms with Crippen molar-refractivity contribution in [2.45, 2.75) is 37.8 Å². The molecule has 1 aliphatic carbocycles. The fraction of sp³-hybridized carbons (Fsp3) is 0.500. The lowest BCUT2D eigenvalue weighted by Gasteiger charge is -2.19. The van der Waals surface area contributed by atoms with E-state index in [4.69, 9.17) is 4.52 Å². The van der Waals surface area contributed by atoms with Crippen molar-refractivity contribution in [1.29, 1.82) is 0 Å². The number of carbonyl (C=O) groups excluding carboxylic acids is 1. The van der Waals surface area contributed by atoms with Crippen LogP contribution in [0.2, 0.25) is 0 Å². The maximum atomic E-state index is 12.2. The normalized spacial score (nSPS) is 22.0. The van der Waals surface area contributed by atoms with E-state index in [0.717, 1.165) is 30.2 Å². The predicted molar refractivity (Wildman–Crippen MR) is 81.0 cm³/mol. The van der Waals surface area contributed by atoms with Crippen LogP contribution in [0.4, 0.5) is 0 Å². The number of carbonyl (C=O) groups is 1. The summed E-state index contributed by atoms with van der Waals surface area (Å²) < 4.78 is 5.23. The first kappa shape index (κ1) is 14.1. The van der Waals surface area contributed by atoms with E-state index in [1.807, 2.05) is 24.3 Å². The Morgan fingerprint density at radius 3 is 2.95 bits per heavy atom. The Kier molecular flexibility index (Phi) is 3.92. The molecule has 0 radical (unpaired) electrons. The molecule has 0 bridgehead atoms. The highest BCUT2D eigenvalue weighted by Crippen LogP contribution is 2.23. The molecule has 1 aliphatic rings. The van der Waals surface area contributed by atoms with Crippen molar-refractivity contribution < 1.29 is 9.32 Å². The molecular weight excluding hydrogens is 266 g/mol. The second kappa shape index (κ2) is 5.85. The third-order valence-electron chi connectivity index (χ3n) is 4.28. The summed E-state index contributed by atoms with van der Waals surface area (Å²) in [7, 11) is 4.19. The third-order valence-corrected chi connectivity index (χ3v) is 4.28. The van der Waals surface area contributed by atoms with Gasteiger partial charge in [-0.25, -0.2) is 0 Å². The Bertz CT molecular complexity index is 635. The van der Waals surface area contributed by atoms with Gasteiger partial charge in [-0.1, -0.05) is 17.3 Å². The van der Waals surface area contributed by atoms with Gasteiger partial charge in [-0.15, -0.1) is 0 Å². The molecule has 1 saturated carbocycles. The largest absolute Gasteiger partial charge is 0.356 e. The van der Waals surface area contributed by atoms with E-state index in [1.165, 1.54) is 0 Å². The fourth-order valence-corrected chi connectivity index (χ4v) is 3.05. The molecule has 1 heterocycles. The van der Waals surface area contributed by atoms with E-state index in [2.05, 4.69) is 29.5 Å². The minimum absolute atomic E-state index is 0.0264. The first-order chi connectivity index (χ1) is 10.1. The molecule has 3 rings (SSSR count). The summed E-state index contributed by atoms with van der Waals surface area (Å²) in [6.45, 7) is 0. The monoisotopic (exact) mass is 287 g/mol. The summed E-state index contributed by atoms with van der Waals surface area (Å²) in [5.41, 5.74) is 1.44. The number of para-hydroxylation sites is 1. The van der Waals surface area contributed by atoms with Gasteiger partial charge in [0.1, 0.15) is 5.69 Å². The smallest absolute Gasteiger partial charge is 0.226 e. The molecule has 112 valence electrons. The quantitative estimate of drug-likeness (QED) is 0.934. The molecule has 21 heavy (non-hydrogen) atoms. The Balaban J connectivity index is 1.60. The molecule has 1 N–H and O–H groups in total. The number of benzene rings is 1. The molecule has 0 saturated heterocycles. The van der Waals surface area contributed by atoms with Crippen molar-refractivity contribution in [3.8, 4) is 0 Å². The summed E-state index contributed by atoms with van der Waals surface area (Å²) in [4.78, 5) is 14.4. The lowest BCUT2D eigenvalue weighted by Crippen LogP contribution is -2.35. The Labute approximate surface area is 124 Å². The van der Waals surface area contributed by atoms with Gasteiger partial charge in [-0.3, -0.25) is 4.79 Å². The minimum atomic E-state index is 0.0264. The Hall–Kier alpha value is -1.88. The van der Waals surface area contributed by atoms with Crippen molar-refractivity contribution in [2.75, 3.05) is 14.1 Å². The number of hydrogen-bond acceptors (Lipinski definition) is 4. The van der Waals surface area contributed by atoms with Crippen LogP contribution in [0.15, 0.2) is 28.8 Å². The van der Waals surface area contributed by atoms with Crippen LogP contribution in [-0.4, -0.2) is 42.1 Å². The van der Waals surface area contributed by atoms with Gasteiger partial charge in [0.15, 0.2) is 5.58 Å². The van der Waals surface area contributed by atoms with Crippen LogP contribution < -0.4 is 5.32 Å². The van der Waals surface area contributed by atoms with Crippen LogP contribution in [0.5, 0.6) is 0 Å². The van der Waals surface area contributed by atoms with Crippen LogP contribution in [0.25, 0.3) is 11.0 Å². The summed E-state index contributed by atoms with van der Waals surface area (Å²) in [5.74, 6) is 0.0264. The standard InChI is InChI=1S/C16H21N3O2/c1-19(2)12-8-7-11(9-12)17-16(20)10-14-13-5-3-4-6-15(13)21-18-14/h3-6,11-12H,7-10H2,1-2H3,(H,17,20)/t11-,12-/m1/s1. The maximum Gasteiger partial charge on any atom is 0.226 e. The molecule has 2 atom stereocenters. The zero-order valence-electron chi connectivity index (χ0n) is 12.5. The van der Waals surface area contributed by atoms with Crippen molar-refractivity contribution in [1.82, 2.24) is 15.4 Å². The average molecular weight is 287 g/mol. The molecule has 0 unspecified atom stereocenters. The van der Waals surface area contributed by atoms with Gasteiger partial charge in [0.05, 0.1) is 6.42 Å². The Morgan fingerprint density at radius 2 is 2.19 bits per heavy atom.